The number of carbonyl (C=O) groups excluding carboxylic acids is 1. The summed E-state index contributed by atoms with van der Waals surface area (Å²) in [6, 6.07) is 18.4. The summed E-state index contributed by atoms with van der Waals surface area (Å²) in [4.78, 5) is 17.5. The molecule has 6 heteroatoms. The first-order valence-electron chi connectivity index (χ1n) is 9.66. The second kappa shape index (κ2) is 8.78. The molecule has 3 aromatic carbocycles. The third kappa shape index (κ3) is 3.99. The molecule has 5 nitrogen and oxygen atoms in total. The fourth-order valence-electron chi connectivity index (χ4n) is 3.62. The molecule has 0 saturated heterocycles. The van der Waals surface area contributed by atoms with Crippen LogP contribution in [0.3, 0.4) is 0 Å². The minimum atomic E-state index is -0.478. The predicted molar refractivity (Wildman–Crippen MR) is 123 cm³/mol. The van der Waals surface area contributed by atoms with Crippen LogP contribution in [-0.4, -0.2) is 23.2 Å². The molecule has 0 radical (unpaired) electrons. The van der Waals surface area contributed by atoms with Gasteiger partial charge < -0.3 is 14.6 Å². The Morgan fingerprint density at radius 2 is 1.84 bits per heavy atom. The molecule has 0 spiro atoms. The van der Waals surface area contributed by atoms with Gasteiger partial charge >= 0.3 is 5.97 Å². The number of methoxy groups -OCH3 is 1. The smallest absolute Gasteiger partial charge is 0.339 e. The molecule has 0 aliphatic heterocycles. The zero-order chi connectivity index (χ0) is 22.0. The molecule has 0 amide bonds. The summed E-state index contributed by atoms with van der Waals surface area (Å²) in [5.74, 6) is -0.196. The number of ether oxygens (including phenoxy) is 2. The number of phenolic OH excluding ortho intramolecular Hbond substituents is 1. The second-order valence-corrected chi connectivity index (χ2v) is 7.89. The van der Waals surface area contributed by atoms with Crippen molar-refractivity contribution in [2.75, 3.05) is 7.11 Å². The van der Waals surface area contributed by atoms with E-state index in [1.54, 1.807) is 30.5 Å². The van der Waals surface area contributed by atoms with E-state index >= 15 is 0 Å². The van der Waals surface area contributed by atoms with Crippen molar-refractivity contribution in [2.45, 2.75) is 13.5 Å². The lowest BCUT2D eigenvalue weighted by molar-refractivity contribution is 0.0475. The van der Waals surface area contributed by atoms with E-state index in [1.807, 2.05) is 43.3 Å². The van der Waals surface area contributed by atoms with Crippen LogP contribution >= 0.6 is 15.9 Å². The summed E-state index contributed by atoms with van der Waals surface area (Å²) in [6.45, 7) is 1.99. The third-order valence-corrected chi connectivity index (χ3v) is 5.81. The number of phenols is 1. The Hall–Kier alpha value is -3.38. The summed E-state index contributed by atoms with van der Waals surface area (Å²) >= 11 is 3.49. The molecule has 1 aromatic heterocycles. The topological polar surface area (TPSA) is 68.7 Å². The molecule has 0 unspecified atom stereocenters. The molecule has 0 atom stereocenters. The van der Waals surface area contributed by atoms with Crippen molar-refractivity contribution in [1.29, 1.82) is 0 Å². The Kier molecular flexibility index (Phi) is 5.91. The van der Waals surface area contributed by atoms with Crippen molar-refractivity contribution in [2.24, 2.45) is 0 Å². The van der Waals surface area contributed by atoms with Gasteiger partial charge in [0.05, 0.1) is 18.2 Å². The Balaban J connectivity index is 1.72. The van der Waals surface area contributed by atoms with Crippen LogP contribution in [0.4, 0.5) is 0 Å². The van der Waals surface area contributed by atoms with E-state index in [0.29, 0.717) is 26.9 Å². The highest BCUT2D eigenvalue weighted by molar-refractivity contribution is 9.10. The minimum absolute atomic E-state index is 0.0413. The summed E-state index contributed by atoms with van der Waals surface area (Å²) in [5, 5.41) is 11.7. The van der Waals surface area contributed by atoms with Crippen LogP contribution in [0.5, 0.6) is 11.5 Å². The number of carbonyl (C=O) groups is 1. The summed E-state index contributed by atoms with van der Waals surface area (Å²) in [6.07, 6.45) is 1.70. The quantitative estimate of drug-likeness (QED) is 0.354. The third-order valence-electron chi connectivity index (χ3n) is 5.15. The van der Waals surface area contributed by atoms with Gasteiger partial charge in [-0.1, -0.05) is 46.3 Å². The minimum Gasteiger partial charge on any atom is -0.504 e. The lowest BCUT2D eigenvalue weighted by Gasteiger charge is -2.17. The van der Waals surface area contributed by atoms with E-state index in [0.717, 1.165) is 22.0 Å². The zero-order valence-corrected chi connectivity index (χ0v) is 18.6. The average molecular weight is 478 g/mol. The number of halogens is 1. The van der Waals surface area contributed by atoms with E-state index in [9.17, 15) is 9.90 Å². The van der Waals surface area contributed by atoms with E-state index < -0.39 is 5.97 Å². The van der Waals surface area contributed by atoms with Gasteiger partial charge in [-0.2, -0.15) is 0 Å². The fraction of sp³-hybridized carbons (Fsp3) is 0.120. The SMILES string of the molecule is COc1ccc(Br)c(-c2c(C)cccc2C(=O)OCc2ccnc3ccccc23)c1O. The first-order chi connectivity index (χ1) is 15.0. The van der Waals surface area contributed by atoms with Gasteiger partial charge in [-0.05, 0) is 42.8 Å². The van der Waals surface area contributed by atoms with Gasteiger partial charge in [0.1, 0.15) is 6.61 Å². The maximum absolute atomic E-state index is 13.1. The number of aromatic hydroxyl groups is 1. The van der Waals surface area contributed by atoms with Crippen molar-refractivity contribution in [3.63, 3.8) is 0 Å². The molecule has 156 valence electrons. The number of aromatic nitrogens is 1. The van der Waals surface area contributed by atoms with Crippen LogP contribution in [-0.2, 0) is 11.3 Å². The molecule has 4 aromatic rings. The number of hydrogen-bond donors (Lipinski definition) is 1. The standard InChI is InChI=1S/C25H20BrNO4/c1-15-6-5-8-18(22(15)23-19(26)10-11-21(30-2)24(23)28)25(29)31-14-16-12-13-27-20-9-4-3-7-17(16)20/h3-13,28H,14H2,1-2H3. The molecule has 4 rings (SSSR count). The molecular weight excluding hydrogens is 458 g/mol. The van der Waals surface area contributed by atoms with E-state index in [2.05, 4.69) is 20.9 Å². The second-order valence-electron chi connectivity index (χ2n) is 7.03. The molecule has 0 bridgehead atoms. The number of benzene rings is 3. The largest absolute Gasteiger partial charge is 0.504 e. The molecule has 0 aliphatic carbocycles. The number of esters is 1. The number of pyridine rings is 1. The van der Waals surface area contributed by atoms with E-state index in [1.165, 1.54) is 7.11 Å². The summed E-state index contributed by atoms with van der Waals surface area (Å²) in [5.41, 5.74) is 3.99. The van der Waals surface area contributed by atoms with E-state index in [-0.39, 0.29) is 12.4 Å². The molecule has 1 heterocycles. The van der Waals surface area contributed by atoms with Crippen molar-refractivity contribution in [3.8, 4) is 22.6 Å². The van der Waals surface area contributed by atoms with Gasteiger partial charge in [-0.3, -0.25) is 4.98 Å². The van der Waals surface area contributed by atoms with Gasteiger partial charge in [0.25, 0.3) is 0 Å². The first-order valence-corrected chi connectivity index (χ1v) is 10.5. The Morgan fingerprint density at radius 3 is 2.65 bits per heavy atom. The van der Waals surface area contributed by atoms with Gasteiger partial charge in [-0.15, -0.1) is 0 Å². The van der Waals surface area contributed by atoms with Crippen molar-refractivity contribution in [3.05, 3.63) is 88.0 Å². The number of aryl methyl sites for hydroxylation is 1. The highest BCUT2D eigenvalue weighted by Gasteiger charge is 2.23. The van der Waals surface area contributed by atoms with Crippen LogP contribution < -0.4 is 4.74 Å². The number of rotatable bonds is 5. The molecular formula is C25H20BrNO4. The Bertz CT molecular complexity index is 1280. The highest BCUT2D eigenvalue weighted by Crippen LogP contribution is 2.44. The fourth-order valence-corrected chi connectivity index (χ4v) is 4.14. The summed E-state index contributed by atoms with van der Waals surface area (Å²) < 4.78 is 11.6. The van der Waals surface area contributed by atoms with Gasteiger partial charge in [-0.25, -0.2) is 4.79 Å². The molecule has 0 saturated carbocycles. The van der Waals surface area contributed by atoms with E-state index in [4.69, 9.17) is 9.47 Å². The zero-order valence-electron chi connectivity index (χ0n) is 17.1. The van der Waals surface area contributed by atoms with Crippen LogP contribution in [0.1, 0.15) is 21.5 Å². The highest BCUT2D eigenvalue weighted by atomic mass is 79.9. The monoisotopic (exact) mass is 477 g/mol. The molecule has 0 fully saturated rings. The van der Waals surface area contributed by atoms with Crippen molar-refractivity contribution < 1.29 is 19.4 Å². The van der Waals surface area contributed by atoms with Crippen molar-refractivity contribution in [1.82, 2.24) is 4.98 Å². The first kappa shape index (κ1) is 20.9. The summed E-state index contributed by atoms with van der Waals surface area (Å²) in [7, 11) is 1.48. The lowest BCUT2D eigenvalue weighted by atomic mass is 9.94. The normalized spacial score (nSPS) is 10.8. The van der Waals surface area contributed by atoms with Crippen molar-refractivity contribution >= 4 is 32.8 Å². The van der Waals surface area contributed by atoms with Crippen LogP contribution in [0.2, 0.25) is 0 Å². The van der Waals surface area contributed by atoms with Gasteiger partial charge in [0, 0.05) is 32.7 Å². The van der Waals surface area contributed by atoms with Crippen LogP contribution in [0.25, 0.3) is 22.0 Å². The number of nitrogens with zero attached hydrogens (tertiary/aromatic N) is 1. The predicted octanol–water partition coefficient (Wildman–Crippen LogP) is 6.04. The number of hydrogen-bond acceptors (Lipinski definition) is 5. The van der Waals surface area contributed by atoms with Crippen LogP contribution in [0.15, 0.2) is 71.3 Å². The molecule has 1 N–H and O–H groups in total. The molecule has 31 heavy (non-hydrogen) atoms. The number of fused-ring (bicyclic) bond motifs is 1. The Morgan fingerprint density at radius 1 is 1.03 bits per heavy atom. The van der Waals surface area contributed by atoms with Gasteiger partial charge in [0.2, 0.25) is 0 Å². The number of para-hydroxylation sites is 1. The van der Waals surface area contributed by atoms with Gasteiger partial charge in [0.15, 0.2) is 11.5 Å². The Labute approximate surface area is 188 Å². The average Bonchev–Trinajstić information content (AvgIpc) is 2.78. The lowest BCUT2D eigenvalue weighted by Crippen LogP contribution is -2.08. The maximum atomic E-state index is 13.1. The van der Waals surface area contributed by atoms with Crippen LogP contribution in [0, 0.1) is 6.92 Å². The maximum Gasteiger partial charge on any atom is 0.339 e. The molecule has 0 aliphatic rings.